The van der Waals surface area contributed by atoms with E-state index >= 15 is 0 Å². The van der Waals surface area contributed by atoms with E-state index in [0.717, 1.165) is 23.0 Å². The van der Waals surface area contributed by atoms with Crippen molar-refractivity contribution >= 4 is 28.5 Å². The minimum Gasteiger partial charge on any atom is -0.464 e. The van der Waals surface area contributed by atoms with Gasteiger partial charge in [-0.25, -0.2) is 0 Å². The number of nitrogens with zero attached hydrogens (tertiary/aromatic N) is 1. The second-order valence-electron chi connectivity index (χ2n) is 8.33. The Kier molecular flexibility index (Phi) is 5.47. The predicted octanol–water partition coefficient (Wildman–Crippen LogP) is 4.14. The van der Waals surface area contributed by atoms with Gasteiger partial charge in [-0.1, -0.05) is 19.1 Å². The summed E-state index contributed by atoms with van der Waals surface area (Å²) in [5, 5.41) is 3.95. The normalized spacial score (nSPS) is 15.8. The molecule has 1 aromatic heterocycles. The molecule has 2 aliphatic heterocycles. The van der Waals surface area contributed by atoms with E-state index in [1.165, 1.54) is 5.56 Å². The Hall–Kier alpha value is -3.48. The van der Waals surface area contributed by atoms with Crippen LogP contribution in [0.1, 0.15) is 30.9 Å². The van der Waals surface area contributed by atoms with Crippen LogP contribution in [0.3, 0.4) is 0 Å². The van der Waals surface area contributed by atoms with Crippen LogP contribution in [0.4, 0.5) is 5.69 Å². The maximum Gasteiger partial charge on any atom is 0.231 e. The van der Waals surface area contributed by atoms with Gasteiger partial charge >= 0.3 is 0 Å². The Morgan fingerprint density at radius 2 is 1.88 bits per heavy atom. The minimum atomic E-state index is -0.119. The van der Waals surface area contributed by atoms with Crippen molar-refractivity contribution in [2.45, 2.75) is 32.6 Å². The lowest BCUT2D eigenvalue weighted by molar-refractivity contribution is -0.133. The molecule has 1 fully saturated rings. The van der Waals surface area contributed by atoms with E-state index in [2.05, 4.69) is 18.3 Å². The fourth-order valence-corrected chi connectivity index (χ4v) is 4.37. The molecule has 0 bridgehead atoms. The van der Waals surface area contributed by atoms with Gasteiger partial charge in [0, 0.05) is 41.7 Å². The fraction of sp³-hybridized carbons (Fsp3) is 0.360. The molecular weight excluding hydrogens is 408 g/mol. The number of anilines is 1. The highest BCUT2D eigenvalue weighted by Gasteiger charge is 2.28. The van der Waals surface area contributed by atoms with Crippen molar-refractivity contribution < 1.29 is 23.5 Å². The standard InChI is InChI=1S/C25H26N2O5/c1-2-16-3-5-20-18(14-30-22(20)11-16)12-24(28)27-9-7-17(8-10-27)25(29)26-19-4-6-21-23(13-19)32-15-31-21/h3-6,11,13-14,17H,2,7-10,12,15H2,1H3,(H,26,29). The van der Waals surface area contributed by atoms with E-state index in [0.29, 0.717) is 49.5 Å². The molecule has 5 rings (SSSR count). The number of aryl methyl sites for hydroxylation is 1. The van der Waals surface area contributed by atoms with Gasteiger partial charge in [-0.15, -0.1) is 0 Å². The smallest absolute Gasteiger partial charge is 0.231 e. The zero-order chi connectivity index (χ0) is 22.1. The Labute approximate surface area is 186 Å². The maximum absolute atomic E-state index is 12.9. The van der Waals surface area contributed by atoms with Gasteiger partial charge in [0.2, 0.25) is 18.6 Å². The Bertz CT molecular complexity index is 1160. The number of piperidine rings is 1. The fourth-order valence-electron chi connectivity index (χ4n) is 4.37. The summed E-state index contributed by atoms with van der Waals surface area (Å²) in [6.07, 6.45) is 4.24. The monoisotopic (exact) mass is 434 g/mol. The maximum atomic E-state index is 12.9. The van der Waals surface area contributed by atoms with Crippen molar-refractivity contribution in [3.63, 3.8) is 0 Å². The summed E-state index contributed by atoms with van der Waals surface area (Å²) in [4.78, 5) is 27.4. The zero-order valence-electron chi connectivity index (χ0n) is 18.1. The van der Waals surface area contributed by atoms with Crippen LogP contribution < -0.4 is 14.8 Å². The lowest BCUT2D eigenvalue weighted by atomic mass is 9.95. The highest BCUT2D eigenvalue weighted by Crippen LogP contribution is 2.34. The molecule has 1 N–H and O–H groups in total. The average Bonchev–Trinajstić information content (AvgIpc) is 3.45. The van der Waals surface area contributed by atoms with E-state index in [1.807, 2.05) is 23.1 Å². The van der Waals surface area contributed by atoms with Gasteiger partial charge in [-0.3, -0.25) is 9.59 Å². The summed E-state index contributed by atoms with van der Waals surface area (Å²) >= 11 is 0. The number of carbonyl (C=O) groups is 2. The Balaban J connectivity index is 1.16. The van der Waals surface area contributed by atoms with Crippen molar-refractivity contribution in [3.8, 4) is 11.5 Å². The number of fused-ring (bicyclic) bond motifs is 2. The quantitative estimate of drug-likeness (QED) is 0.653. The van der Waals surface area contributed by atoms with E-state index in [9.17, 15) is 9.59 Å². The lowest BCUT2D eigenvalue weighted by Crippen LogP contribution is -2.42. The first kappa shape index (κ1) is 20.4. The van der Waals surface area contributed by atoms with Crippen LogP contribution >= 0.6 is 0 Å². The second kappa shape index (κ2) is 8.57. The van der Waals surface area contributed by atoms with Gasteiger partial charge in [-0.2, -0.15) is 0 Å². The first-order valence-corrected chi connectivity index (χ1v) is 11.1. The van der Waals surface area contributed by atoms with E-state index in [4.69, 9.17) is 13.9 Å². The molecule has 3 heterocycles. The third-order valence-corrected chi connectivity index (χ3v) is 6.33. The van der Waals surface area contributed by atoms with Crippen LogP contribution in [0.5, 0.6) is 11.5 Å². The number of rotatable bonds is 5. The summed E-state index contributed by atoms with van der Waals surface area (Å²) in [7, 11) is 0. The van der Waals surface area contributed by atoms with Crippen LogP contribution in [0.25, 0.3) is 11.0 Å². The van der Waals surface area contributed by atoms with Gasteiger partial charge in [0.15, 0.2) is 11.5 Å². The summed E-state index contributed by atoms with van der Waals surface area (Å²) in [5.74, 6) is 1.25. The third-order valence-electron chi connectivity index (χ3n) is 6.33. The molecule has 3 aromatic rings. The molecule has 2 amide bonds. The van der Waals surface area contributed by atoms with Gasteiger partial charge in [-0.05, 0) is 43.0 Å². The molecular formula is C25H26N2O5. The van der Waals surface area contributed by atoms with Crippen LogP contribution in [-0.4, -0.2) is 36.6 Å². The molecule has 0 radical (unpaired) electrons. The Morgan fingerprint density at radius 3 is 2.69 bits per heavy atom. The molecule has 7 nitrogen and oxygen atoms in total. The molecule has 0 unspecified atom stereocenters. The number of benzene rings is 2. The SMILES string of the molecule is CCc1ccc2c(CC(=O)N3CCC(C(=O)Nc4ccc5c(c4)OCO5)CC3)coc2c1. The Morgan fingerprint density at radius 1 is 1.06 bits per heavy atom. The number of amides is 2. The first-order valence-electron chi connectivity index (χ1n) is 11.1. The third kappa shape index (κ3) is 4.02. The highest BCUT2D eigenvalue weighted by atomic mass is 16.7. The average molecular weight is 434 g/mol. The van der Waals surface area contributed by atoms with Crippen LogP contribution in [-0.2, 0) is 22.4 Å². The molecule has 0 saturated carbocycles. The number of hydrogen-bond donors (Lipinski definition) is 1. The predicted molar refractivity (Wildman–Crippen MR) is 120 cm³/mol. The first-order chi connectivity index (χ1) is 15.6. The molecule has 7 heteroatoms. The molecule has 0 spiro atoms. The highest BCUT2D eigenvalue weighted by molar-refractivity contribution is 5.93. The number of ether oxygens (including phenoxy) is 2. The zero-order valence-corrected chi connectivity index (χ0v) is 18.1. The topological polar surface area (TPSA) is 81.0 Å². The molecule has 0 atom stereocenters. The number of furan rings is 1. The molecule has 32 heavy (non-hydrogen) atoms. The number of carbonyl (C=O) groups excluding carboxylic acids is 2. The van der Waals surface area contributed by atoms with E-state index < -0.39 is 0 Å². The van der Waals surface area contributed by atoms with E-state index in [1.54, 1.807) is 18.4 Å². The lowest BCUT2D eigenvalue weighted by Gasteiger charge is -2.31. The van der Waals surface area contributed by atoms with Crippen molar-refractivity contribution in [1.29, 1.82) is 0 Å². The summed E-state index contributed by atoms with van der Waals surface area (Å²) in [6.45, 7) is 3.46. The number of hydrogen-bond acceptors (Lipinski definition) is 5. The largest absolute Gasteiger partial charge is 0.464 e. The second-order valence-corrected chi connectivity index (χ2v) is 8.33. The number of nitrogens with one attached hydrogen (secondary N) is 1. The summed E-state index contributed by atoms with van der Waals surface area (Å²) in [6, 6.07) is 11.5. The van der Waals surface area contributed by atoms with Gasteiger partial charge in [0.25, 0.3) is 0 Å². The van der Waals surface area contributed by atoms with Crippen molar-refractivity contribution in [2.75, 3.05) is 25.2 Å². The minimum absolute atomic E-state index is 0.0245. The van der Waals surface area contributed by atoms with Gasteiger partial charge in [0.05, 0.1) is 12.7 Å². The van der Waals surface area contributed by atoms with Crippen molar-refractivity contribution in [1.82, 2.24) is 4.90 Å². The molecule has 1 saturated heterocycles. The summed E-state index contributed by atoms with van der Waals surface area (Å²) < 4.78 is 16.3. The molecule has 0 aliphatic carbocycles. The molecule has 2 aliphatic rings. The van der Waals surface area contributed by atoms with Crippen molar-refractivity contribution in [2.24, 2.45) is 5.92 Å². The van der Waals surface area contributed by atoms with Crippen LogP contribution in [0.2, 0.25) is 0 Å². The van der Waals surface area contributed by atoms with Crippen molar-refractivity contribution in [3.05, 3.63) is 53.8 Å². The van der Waals surface area contributed by atoms with Crippen LogP contribution in [0, 0.1) is 5.92 Å². The van der Waals surface area contributed by atoms with E-state index in [-0.39, 0.29) is 24.5 Å². The summed E-state index contributed by atoms with van der Waals surface area (Å²) in [5.41, 5.74) is 3.64. The molecule has 166 valence electrons. The number of likely N-dealkylation sites (tertiary alicyclic amines) is 1. The van der Waals surface area contributed by atoms with Gasteiger partial charge < -0.3 is 24.1 Å². The molecule has 2 aromatic carbocycles. The van der Waals surface area contributed by atoms with Gasteiger partial charge in [0.1, 0.15) is 5.58 Å². The van der Waals surface area contributed by atoms with Crippen LogP contribution in [0.15, 0.2) is 47.1 Å².